The number of ketones is 1. The molecule has 4 nitrogen and oxygen atoms in total. The van der Waals surface area contributed by atoms with Crippen LogP contribution in [-0.4, -0.2) is 28.5 Å². The first-order chi connectivity index (χ1) is 9.79. The number of hydrogen-bond donors (Lipinski definition) is 0. The number of nitrogens with zero attached hydrogens (tertiary/aromatic N) is 2. The third kappa shape index (κ3) is 2.48. The molecule has 4 heteroatoms. The fraction of sp³-hybridized carbons (Fsp3) is 0.500. The molecule has 0 N–H and O–H groups in total. The fourth-order valence-electron chi connectivity index (χ4n) is 2.79. The van der Waals surface area contributed by atoms with Crippen LogP contribution in [0.4, 0.5) is 0 Å². The number of aryl methyl sites for hydroxylation is 1. The molecule has 3 rings (SSSR count). The van der Waals surface area contributed by atoms with Gasteiger partial charge in [0.1, 0.15) is 5.82 Å². The number of fused-ring (bicyclic) bond motifs is 1. The van der Waals surface area contributed by atoms with Gasteiger partial charge in [-0.25, -0.2) is 4.98 Å². The summed E-state index contributed by atoms with van der Waals surface area (Å²) in [5.74, 6) is 1.34. The van der Waals surface area contributed by atoms with Crippen LogP contribution in [0.15, 0.2) is 24.3 Å². The maximum Gasteiger partial charge on any atom is 0.158 e. The lowest BCUT2D eigenvalue weighted by molar-refractivity contribution is -0.123. The Morgan fingerprint density at radius 3 is 3.05 bits per heavy atom. The summed E-state index contributed by atoms with van der Waals surface area (Å²) >= 11 is 0. The van der Waals surface area contributed by atoms with Crippen molar-refractivity contribution < 1.29 is 9.53 Å². The quantitative estimate of drug-likeness (QED) is 0.840. The molecule has 1 atom stereocenters. The van der Waals surface area contributed by atoms with Crippen LogP contribution in [0.3, 0.4) is 0 Å². The SMILES string of the molecule is CCCc1nc2ccccc2n1CC(=O)C1CCOC1. The monoisotopic (exact) mass is 272 g/mol. The Hall–Kier alpha value is -1.68. The van der Waals surface area contributed by atoms with Crippen LogP contribution >= 0.6 is 0 Å². The summed E-state index contributed by atoms with van der Waals surface area (Å²) in [6, 6.07) is 8.04. The molecule has 0 aliphatic carbocycles. The Labute approximate surface area is 118 Å². The number of benzene rings is 1. The molecule has 1 saturated heterocycles. The minimum absolute atomic E-state index is 0.0608. The number of aromatic nitrogens is 2. The van der Waals surface area contributed by atoms with Crippen molar-refractivity contribution in [1.29, 1.82) is 0 Å². The fourth-order valence-corrected chi connectivity index (χ4v) is 2.79. The summed E-state index contributed by atoms with van der Waals surface area (Å²) in [6.07, 6.45) is 2.79. The molecule has 2 aromatic rings. The molecular weight excluding hydrogens is 252 g/mol. The van der Waals surface area contributed by atoms with Crippen molar-refractivity contribution in [2.75, 3.05) is 13.2 Å². The Kier molecular flexibility index (Phi) is 3.83. The first kappa shape index (κ1) is 13.3. The first-order valence-corrected chi connectivity index (χ1v) is 7.34. The second-order valence-corrected chi connectivity index (χ2v) is 5.38. The summed E-state index contributed by atoms with van der Waals surface area (Å²) < 4.78 is 7.40. The van der Waals surface area contributed by atoms with Crippen molar-refractivity contribution in [3.8, 4) is 0 Å². The van der Waals surface area contributed by atoms with E-state index < -0.39 is 0 Å². The highest BCUT2D eigenvalue weighted by Crippen LogP contribution is 2.20. The average Bonchev–Trinajstić information content (AvgIpc) is 3.08. The number of ether oxygens (including phenoxy) is 1. The Balaban J connectivity index is 1.91. The van der Waals surface area contributed by atoms with Crippen LogP contribution in [0.25, 0.3) is 11.0 Å². The number of carbonyl (C=O) groups excluding carboxylic acids is 1. The third-order valence-corrected chi connectivity index (χ3v) is 3.91. The Morgan fingerprint density at radius 2 is 2.30 bits per heavy atom. The topological polar surface area (TPSA) is 44.1 Å². The van der Waals surface area contributed by atoms with Gasteiger partial charge in [0.15, 0.2) is 5.78 Å². The van der Waals surface area contributed by atoms with Crippen LogP contribution in [0.2, 0.25) is 0 Å². The van der Waals surface area contributed by atoms with Gasteiger partial charge in [-0.1, -0.05) is 19.1 Å². The third-order valence-electron chi connectivity index (χ3n) is 3.91. The second-order valence-electron chi connectivity index (χ2n) is 5.38. The smallest absolute Gasteiger partial charge is 0.158 e. The zero-order valence-electron chi connectivity index (χ0n) is 11.8. The minimum atomic E-state index is 0.0608. The highest BCUT2D eigenvalue weighted by molar-refractivity contribution is 5.84. The second kappa shape index (κ2) is 5.75. The van der Waals surface area contributed by atoms with Crippen LogP contribution in [-0.2, 0) is 22.5 Å². The van der Waals surface area contributed by atoms with E-state index in [9.17, 15) is 4.79 Å². The van der Waals surface area contributed by atoms with Crippen molar-refractivity contribution in [3.63, 3.8) is 0 Å². The molecule has 1 aromatic carbocycles. The summed E-state index contributed by atoms with van der Waals surface area (Å²) in [7, 11) is 0. The van der Waals surface area contributed by atoms with Gasteiger partial charge in [-0.2, -0.15) is 0 Å². The zero-order chi connectivity index (χ0) is 13.9. The van der Waals surface area contributed by atoms with Crippen molar-refractivity contribution in [1.82, 2.24) is 9.55 Å². The van der Waals surface area contributed by atoms with E-state index in [0.29, 0.717) is 19.8 Å². The van der Waals surface area contributed by atoms with Crippen LogP contribution in [0.5, 0.6) is 0 Å². The molecule has 1 fully saturated rings. The van der Waals surface area contributed by atoms with Crippen molar-refractivity contribution in [3.05, 3.63) is 30.1 Å². The first-order valence-electron chi connectivity index (χ1n) is 7.34. The van der Waals surface area contributed by atoms with Gasteiger partial charge in [-0.15, -0.1) is 0 Å². The van der Waals surface area contributed by atoms with Gasteiger partial charge in [0.25, 0.3) is 0 Å². The van der Waals surface area contributed by atoms with E-state index in [4.69, 9.17) is 4.74 Å². The summed E-state index contributed by atoms with van der Waals surface area (Å²) in [4.78, 5) is 17.0. The summed E-state index contributed by atoms with van der Waals surface area (Å²) in [5.41, 5.74) is 2.04. The minimum Gasteiger partial charge on any atom is -0.381 e. The van der Waals surface area contributed by atoms with Gasteiger partial charge in [-0.05, 0) is 25.0 Å². The number of imidazole rings is 1. The number of hydrogen-bond acceptors (Lipinski definition) is 3. The molecule has 106 valence electrons. The maximum atomic E-state index is 12.4. The average molecular weight is 272 g/mol. The van der Waals surface area contributed by atoms with Crippen molar-refractivity contribution in [2.45, 2.75) is 32.7 Å². The standard InChI is InChI=1S/C16H20N2O2/c1-2-5-16-17-13-6-3-4-7-14(13)18(16)10-15(19)12-8-9-20-11-12/h3-4,6-7,12H,2,5,8-11H2,1H3. The number of rotatable bonds is 5. The van der Waals surface area contributed by atoms with Gasteiger partial charge in [0.05, 0.1) is 24.2 Å². The molecule has 1 aliphatic heterocycles. The molecule has 0 spiro atoms. The highest BCUT2D eigenvalue weighted by atomic mass is 16.5. The van der Waals surface area contributed by atoms with E-state index in [1.165, 1.54) is 0 Å². The molecule has 2 heterocycles. The summed E-state index contributed by atoms with van der Waals surface area (Å²) in [6.45, 7) is 3.84. The molecule has 1 unspecified atom stereocenters. The molecule has 1 aliphatic rings. The van der Waals surface area contributed by atoms with E-state index in [2.05, 4.69) is 16.5 Å². The lowest BCUT2D eigenvalue weighted by Gasteiger charge is -2.11. The molecule has 0 amide bonds. The lowest BCUT2D eigenvalue weighted by Crippen LogP contribution is -2.21. The summed E-state index contributed by atoms with van der Waals surface area (Å²) in [5, 5.41) is 0. The maximum absolute atomic E-state index is 12.4. The van der Waals surface area contributed by atoms with Crippen LogP contribution in [0, 0.1) is 5.92 Å². The number of Topliss-reactive ketones (excluding diaryl/α,β-unsaturated/α-hetero) is 1. The van der Waals surface area contributed by atoms with E-state index in [1.807, 2.05) is 24.3 Å². The van der Waals surface area contributed by atoms with Crippen LogP contribution < -0.4 is 0 Å². The molecule has 0 bridgehead atoms. The zero-order valence-corrected chi connectivity index (χ0v) is 11.8. The Morgan fingerprint density at radius 1 is 1.45 bits per heavy atom. The lowest BCUT2D eigenvalue weighted by atomic mass is 10.0. The van der Waals surface area contributed by atoms with Gasteiger partial charge in [0.2, 0.25) is 0 Å². The van der Waals surface area contributed by atoms with E-state index in [-0.39, 0.29) is 11.7 Å². The predicted molar refractivity (Wildman–Crippen MR) is 77.7 cm³/mol. The number of carbonyl (C=O) groups is 1. The van der Waals surface area contributed by atoms with Crippen LogP contribution in [0.1, 0.15) is 25.6 Å². The molecule has 0 radical (unpaired) electrons. The van der Waals surface area contributed by atoms with Crippen molar-refractivity contribution in [2.24, 2.45) is 5.92 Å². The van der Waals surface area contributed by atoms with E-state index in [0.717, 1.165) is 36.1 Å². The highest BCUT2D eigenvalue weighted by Gasteiger charge is 2.24. The van der Waals surface area contributed by atoms with E-state index >= 15 is 0 Å². The molecule has 1 aromatic heterocycles. The Bertz CT molecular complexity index is 612. The number of para-hydroxylation sites is 2. The molecule has 20 heavy (non-hydrogen) atoms. The molecule has 0 saturated carbocycles. The molecular formula is C16H20N2O2. The van der Waals surface area contributed by atoms with Gasteiger partial charge >= 0.3 is 0 Å². The van der Waals surface area contributed by atoms with Gasteiger partial charge in [-0.3, -0.25) is 4.79 Å². The largest absolute Gasteiger partial charge is 0.381 e. The van der Waals surface area contributed by atoms with Gasteiger partial charge < -0.3 is 9.30 Å². The predicted octanol–water partition coefficient (Wildman–Crippen LogP) is 2.59. The van der Waals surface area contributed by atoms with Gasteiger partial charge in [0, 0.05) is 18.9 Å². The van der Waals surface area contributed by atoms with Crippen molar-refractivity contribution >= 4 is 16.8 Å². The normalized spacial score (nSPS) is 18.8. The van der Waals surface area contributed by atoms with E-state index in [1.54, 1.807) is 0 Å².